The predicted molar refractivity (Wildman–Crippen MR) is 275 cm³/mol. The van der Waals surface area contributed by atoms with Crippen molar-refractivity contribution in [3.63, 3.8) is 0 Å². The molecule has 0 saturated heterocycles. The second-order valence-corrected chi connectivity index (χ2v) is 19.3. The molecule has 8 aromatic carbocycles. The maximum Gasteiger partial charge on any atom is 0.164 e. The number of aromatic nitrogens is 3. The van der Waals surface area contributed by atoms with E-state index in [0.717, 1.165) is 34.2 Å². The molecule has 3 nitrogen and oxygen atoms in total. The molecule has 0 amide bonds. The molecule has 0 aliphatic heterocycles. The van der Waals surface area contributed by atoms with Gasteiger partial charge in [0.1, 0.15) is 0 Å². The lowest BCUT2D eigenvalue weighted by Crippen LogP contribution is -2.40. The first-order chi connectivity index (χ1) is 32.5. The SMILES string of the molecule is CC1(C)c2ccccc2C2(c3ccc(-c4ccc5c6c(sc5c4)C=CCC=C6)cc3-c3c(-c4nc(-c5ccccc5)nc(-c5ccc(-c6ccccc6)cc5)n4)cccc32)c2ccccc21. The smallest absolute Gasteiger partial charge is 0.164 e. The molecule has 2 heterocycles. The Morgan fingerprint density at radius 2 is 0.939 bits per heavy atom. The van der Waals surface area contributed by atoms with Crippen molar-refractivity contribution >= 4 is 33.6 Å². The zero-order chi connectivity index (χ0) is 44.0. The van der Waals surface area contributed by atoms with Gasteiger partial charge in [-0.15, -0.1) is 11.3 Å². The molecule has 0 radical (unpaired) electrons. The van der Waals surface area contributed by atoms with Crippen LogP contribution in [0.3, 0.4) is 0 Å². The van der Waals surface area contributed by atoms with Crippen LogP contribution in [0, 0.1) is 0 Å². The molecule has 0 fully saturated rings. The number of hydrogen-bond donors (Lipinski definition) is 0. The molecule has 66 heavy (non-hydrogen) atoms. The Morgan fingerprint density at radius 3 is 1.65 bits per heavy atom. The Hall–Kier alpha value is -7.79. The van der Waals surface area contributed by atoms with Crippen LogP contribution in [0.5, 0.6) is 0 Å². The van der Waals surface area contributed by atoms with Gasteiger partial charge in [-0.2, -0.15) is 0 Å². The molecule has 1 spiro atoms. The first-order valence-electron chi connectivity index (χ1n) is 22.8. The number of fused-ring (bicyclic) bond motifs is 12. The third-order valence-electron chi connectivity index (χ3n) is 14.2. The van der Waals surface area contributed by atoms with E-state index in [1.54, 1.807) is 0 Å². The second-order valence-electron chi connectivity index (χ2n) is 18.2. The van der Waals surface area contributed by atoms with Gasteiger partial charge in [0.05, 0.1) is 5.41 Å². The summed E-state index contributed by atoms with van der Waals surface area (Å²) in [5, 5.41) is 1.31. The van der Waals surface area contributed by atoms with Crippen molar-refractivity contribution in [1.82, 2.24) is 15.0 Å². The van der Waals surface area contributed by atoms with E-state index in [2.05, 4.69) is 208 Å². The normalized spacial score (nSPS) is 14.6. The van der Waals surface area contributed by atoms with Gasteiger partial charge in [0.25, 0.3) is 0 Å². The molecule has 0 unspecified atom stereocenters. The third kappa shape index (κ3) is 5.78. The molecule has 13 rings (SSSR count). The maximum absolute atomic E-state index is 5.42. The van der Waals surface area contributed by atoms with E-state index in [1.807, 2.05) is 29.5 Å². The first-order valence-corrected chi connectivity index (χ1v) is 23.6. The molecule has 0 saturated carbocycles. The molecule has 2 aromatic heterocycles. The predicted octanol–water partition coefficient (Wildman–Crippen LogP) is 15.9. The van der Waals surface area contributed by atoms with Crippen LogP contribution in [-0.4, -0.2) is 15.0 Å². The van der Waals surface area contributed by atoms with E-state index in [0.29, 0.717) is 17.5 Å². The zero-order valence-electron chi connectivity index (χ0n) is 36.7. The summed E-state index contributed by atoms with van der Waals surface area (Å²) in [6.07, 6.45) is 10.1. The van der Waals surface area contributed by atoms with Gasteiger partial charge in [0.2, 0.25) is 0 Å². The van der Waals surface area contributed by atoms with Gasteiger partial charge in [0, 0.05) is 37.1 Å². The van der Waals surface area contributed by atoms with Gasteiger partial charge >= 0.3 is 0 Å². The highest BCUT2D eigenvalue weighted by atomic mass is 32.1. The van der Waals surface area contributed by atoms with E-state index < -0.39 is 5.41 Å². The number of thiophene rings is 1. The Balaban J connectivity index is 1.07. The number of nitrogens with zero attached hydrogens (tertiary/aromatic N) is 3. The highest BCUT2D eigenvalue weighted by molar-refractivity contribution is 7.20. The molecule has 312 valence electrons. The Labute approximate surface area is 389 Å². The van der Waals surface area contributed by atoms with Crippen molar-refractivity contribution in [3.8, 4) is 67.5 Å². The zero-order valence-corrected chi connectivity index (χ0v) is 37.5. The fourth-order valence-electron chi connectivity index (χ4n) is 11.2. The largest absolute Gasteiger partial charge is 0.208 e. The molecule has 0 N–H and O–H groups in total. The maximum atomic E-state index is 5.42. The highest BCUT2D eigenvalue weighted by Gasteiger charge is 2.54. The summed E-state index contributed by atoms with van der Waals surface area (Å²) >= 11 is 1.88. The first kappa shape index (κ1) is 38.6. The van der Waals surface area contributed by atoms with Crippen LogP contribution >= 0.6 is 11.3 Å². The molecule has 4 heteroatoms. The van der Waals surface area contributed by atoms with Crippen LogP contribution in [0.25, 0.3) is 89.8 Å². The van der Waals surface area contributed by atoms with E-state index in [1.165, 1.54) is 76.2 Å². The quantitative estimate of drug-likeness (QED) is 0.173. The minimum absolute atomic E-state index is 0.207. The van der Waals surface area contributed by atoms with Gasteiger partial charge in [-0.3, -0.25) is 0 Å². The van der Waals surface area contributed by atoms with Gasteiger partial charge < -0.3 is 0 Å². The Bertz CT molecular complexity index is 3580. The molecule has 0 bridgehead atoms. The summed E-state index contributed by atoms with van der Waals surface area (Å²) < 4.78 is 1.30. The summed E-state index contributed by atoms with van der Waals surface area (Å²) in [7, 11) is 0. The average Bonchev–Trinajstić information content (AvgIpc) is 3.77. The lowest BCUT2D eigenvalue weighted by Gasteiger charge is -2.46. The Kier molecular flexibility index (Phi) is 8.71. The van der Waals surface area contributed by atoms with Crippen LogP contribution in [0.15, 0.2) is 200 Å². The van der Waals surface area contributed by atoms with Crippen molar-refractivity contribution in [3.05, 3.63) is 244 Å². The Morgan fingerprint density at radius 1 is 0.409 bits per heavy atom. The summed E-state index contributed by atoms with van der Waals surface area (Å²) in [6.45, 7) is 4.76. The summed E-state index contributed by atoms with van der Waals surface area (Å²) in [6, 6.07) is 68.7. The van der Waals surface area contributed by atoms with E-state index in [9.17, 15) is 0 Å². The minimum atomic E-state index is -0.582. The van der Waals surface area contributed by atoms with E-state index >= 15 is 0 Å². The van der Waals surface area contributed by atoms with Crippen molar-refractivity contribution in [1.29, 1.82) is 0 Å². The molecular formula is C62H43N3S. The van der Waals surface area contributed by atoms with Crippen molar-refractivity contribution in [2.24, 2.45) is 0 Å². The van der Waals surface area contributed by atoms with Gasteiger partial charge in [-0.25, -0.2) is 15.0 Å². The summed E-state index contributed by atoms with van der Waals surface area (Å²) in [5.41, 5.74) is 18.3. The van der Waals surface area contributed by atoms with Gasteiger partial charge in [-0.05, 0) is 97.0 Å². The molecule has 3 aliphatic rings. The lowest BCUT2D eigenvalue weighted by molar-refractivity contribution is 0.563. The van der Waals surface area contributed by atoms with Crippen LogP contribution in [0.2, 0.25) is 0 Å². The van der Waals surface area contributed by atoms with Crippen molar-refractivity contribution in [2.75, 3.05) is 0 Å². The molecule has 3 aliphatic carbocycles. The molecule has 10 aromatic rings. The minimum Gasteiger partial charge on any atom is -0.208 e. The van der Waals surface area contributed by atoms with Crippen LogP contribution < -0.4 is 0 Å². The fourth-order valence-corrected chi connectivity index (χ4v) is 12.3. The number of allylic oxidation sites excluding steroid dienone is 2. The summed E-state index contributed by atoms with van der Waals surface area (Å²) in [5.74, 6) is 1.93. The monoisotopic (exact) mass is 861 g/mol. The van der Waals surface area contributed by atoms with E-state index in [4.69, 9.17) is 15.0 Å². The topological polar surface area (TPSA) is 38.7 Å². The van der Waals surface area contributed by atoms with Crippen LogP contribution in [0.4, 0.5) is 0 Å². The number of rotatable bonds is 5. The summed E-state index contributed by atoms with van der Waals surface area (Å²) in [4.78, 5) is 17.3. The fraction of sp³-hybridized carbons (Fsp3) is 0.0806. The lowest BCUT2D eigenvalue weighted by atomic mass is 9.55. The van der Waals surface area contributed by atoms with Crippen LogP contribution in [-0.2, 0) is 10.8 Å². The van der Waals surface area contributed by atoms with E-state index in [-0.39, 0.29) is 5.41 Å². The van der Waals surface area contributed by atoms with Gasteiger partial charge in [0.15, 0.2) is 17.5 Å². The van der Waals surface area contributed by atoms with Crippen molar-refractivity contribution < 1.29 is 0 Å². The second kappa shape index (κ2) is 14.9. The van der Waals surface area contributed by atoms with Crippen molar-refractivity contribution in [2.45, 2.75) is 31.1 Å². The van der Waals surface area contributed by atoms with Crippen LogP contribution in [0.1, 0.15) is 64.1 Å². The molecular weight excluding hydrogens is 819 g/mol. The van der Waals surface area contributed by atoms with Gasteiger partial charge in [-0.1, -0.05) is 208 Å². The standard InChI is InChI=1S/C62H43N3S/c1-61(2)50-23-12-14-25-52(50)62(53-26-15-13-24-51(53)61)49-36-34-43(44-33-35-46-45-21-10-5-11-28-55(45)66-56(46)38-44)37-48(49)57-47(22-16-27-54(57)62)60-64-58(41-19-8-4-9-20-41)63-59(65-60)42-31-29-40(30-32-42)39-17-6-3-7-18-39/h3-4,6-38H,5H2,1-2H3. The molecule has 0 atom stereocenters. The third-order valence-corrected chi connectivity index (χ3v) is 15.4. The highest BCUT2D eigenvalue weighted by Crippen LogP contribution is 2.63. The number of benzene rings is 8. The number of hydrogen-bond acceptors (Lipinski definition) is 4. The average molecular weight is 862 g/mol.